The van der Waals surface area contributed by atoms with Gasteiger partial charge in [0.25, 0.3) is 5.91 Å². The van der Waals surface area contributed by atoms with Crippen LogP contribution in [0.25, 0.3) is 5.57 Å². The van der Waals surface area contributed by atoms with Gasteiger partial charge in [0.15, 0.2) is 0 Å². The molecule has 0 atom stereocenters. The zero-order valence-corrected chi connectivity index (χ0v) is 19.3. The van der Waals surface area contributed by atoms with E-state index >= 15 is 0 Å². The van der Waals surface area contributed by atoms with Crippen LogP contribution in [0.4, 0.5) is 0 Å². The van der Waals surface area contributed by atoms with Gasteiger partial charge in [-0.1, -0.05) is 59.2 Å². The molecule has 8 heteroatoms. The van der Waals surface area contributed by atoms with Crippen LogP contribution in [0, 0.1) is 0 Å². The van der Waals surface area contributed by atoms with Crippen LogP contribution in [0.15, 0.2) is 52.8 Å². The van der Waals surface area contributed by atoms with Crippen molar-refractivity contribution in [3.05, 3.63) is 63.6 Å². The average molecular weight is 484 g/mol. The van der Waals surface area contributed by atoms with Crippen LogP contribution in [0.5, 0.6) is 0 Å². The zero-order chi connectivity index (χ0) is 21.7. The Bertz CT molecular complexity index is 981. The van der Waals surface area contributed by atoms with Crippen molar-refractivity contribution < 1.29 is 9.59 Å². The van der Waals surface area contributed by atoms with Crippen molar-refractivity contribution >= 4 is 64.0 Å². The highest BCUT2D eigenvalue weighted by Gasteiger charge is 2.19. The van der Waals surface area contributed by atoms with Crippen LogP contribution in [-0.2, 0) is 9.59 Å². The lowest BCUT2D eigenvalue weighted by molar-refractivity contribution is -0.127. The maximum absolute atomic E-state index is 12.4. The number of carbonyl (C=O) groups is 2. The first-order chi connectivity index (χ1) is 14.3. The number of carbonyl (C=O) groups excluding carboxylic acids is 2. The van der Waals surface area contributed by atoms with Gasteiger partial charge in [-0.05, 0) is 48.7 Å². The molecule has 1 heterocycles. The highest BCUT2D eigenvalue weighted by atomic mass is 35.5. The molecular weight excluding hydrogens is 463 g/mol. The lowest BCUT2D eigenvalue weighted by atomic mass is 10.1. The molecule has 1 aliphatic heterocycles. The number of benzene rings is 2. The molecule has 0 radical (unpaired) electrons. The second kappa shape index (κ2) is 10.6. The number of nitrogens with one attached hydrogen (secondary N) is 1. The number of halogens is 3. The van der Waals surface area contributed by atoms with Gasteiger partial charge in [0, 0.05) is 46.4 Å². The maximum atomic E-state index is 12.4. The van der Waals surface area contributed by atoms with Crippen molar-refractivity contribution in [2.45, 2.75) is 29.1 Å². The van der Waals surface area contributed by atoms with Crippen LogP contribution < -0.4 is 5.32 Å². The second-order valence-corrected chi connectivity index (χ2v) is 9.23. The van der Waals surface area contributed by atoms with Gasteiger partial charge in [-0.3, -0.25) is 9.59 Å². The Hall–Kier alpha value is -1.66. The molecule has 30 heavy (non-hydrogen) atoms. The third-order valence-electron chi connectivity index (χ3n) is 4.73. The fraction of sp³-hybridized carbons (Fsp3) is 0.273. The van der Waals surface area contributed by atoms with E-state index in [1.165, 1.54) is 11.8 Å². The maximum Gasteiger partial charge on any atom is 0.251 e. The van der Waals surface area contributed by atoms with Crippen LogP contribution in [0.3, 0.4) is 0 Å². The predicted molar refractivity (Wildman–Crippen MR) is 125 cm³/mol. The smallest absolute Gasteiger partial charge is 0.251 e. The molecule has 0 spiro atoms. The first-order valence-corrected chi connectivity index (χ1v) is 11.5. The third kappa shape index (κ3) is 5.94. The first-order valence-electron chi connectivity index (χ1n) is 9.53. The average Bonchev–Trinajstić information content (AvgIpc) is 3.12. The standard InChI is InChI=1S/C22H21Cl3N2O2S/c1-14(22(29)26-9-3-11-27-10-2-4-21(27)28)15-5-7-19(17(24)12-15)30-20-8-6-16(23)13-18(20)25/h5-8,12-13H,1-4,9-11H2,(H,26,29). The van der Waals surface area contributed by atoms with E-state index in [1.54, 1.807) is 18.2 Å². The molecule has 0 aromatic heterocycles. The lowest BCUT2D eigenvalue weighted by Crippen LogP contribution is -2.30. The molecule has 1 saturated heterocycles. The summed E-state index contributed by atoms with van der Waals surface area (Å²) in [7, 11) is 0. The summed E-state index contributed by atoms with van der Waals surface area (Å²) in [6.45, 7) is 5.85. The quantitative estimate of drug-likeness (QED) is 0.373. The van der Waals surface area contributed by atoms with E-state index in [-0.39, 0.29) is 11.8 Å². The summed E-state index contributed by atoms with van der Waals surface area (Å²) in [5.74, 6) is -0.0572. The van der Waals surface area contributed by atoms with E-state index in [0.717, 1.165) is 22.8 Å². The summed E-state index contributed by atoms with van der Waals surface area (Å²) < 4.78 is 0. The van der Waals surface area contributed by atoms with Crippen molar-refractivity contribution in [2.24, 2.45) is 0 Å². The van der Waals surface area contributed by atoms with E-state index in [1.807, 2.05) is 23.1 Å². The lowest BCUT2D eigenvalue weighted by Gasteiger charge is -2.15. The minimum absolute atomic E-state index is 0.193. The molecule has 2 aromatic rings. The Morgan fingerprint density at radius 2 is 1.80 bits per heavy atom. The van der Waals surface area contributed by atoms with E-state index in [0.29, 0.717) is 52.1 Å². The van der Waals surface area contributed by atoms with Crippen LogP contribution in [0.2, 0.25) is 15.1 Å². The third-order valence-corrected chi connectivity index (χ3v) is 6.97. The van der Waals surface area contributed by atoms with Crippen molar-refractivity contribution in [3.8, 4) is 0 Å². The van der Waals surface area contributed by atoms with E-state index < -0.39 is 0 Å². The molecule has 0 aliphatic carbocycles. The van der Waals surface area contributed by atoms with Crippen molar-refractivity contribution in [3.63, 3.8) is 0 Å². The summed E-state index contributed by atoms with van der Waals surface area (Å²) in [5, 5.41) is 4.47. The molecule has 1 fully saturated rings. The van der Waals surface area contributed by atoms with E-state index in [9.17, 15) is 9.59 Å². The second-order valence-electron chi connectivity index (χ2n) is 6.89. The molecule has 0 unspecified atom stereocenters. The molecule has 4 nitrogen and oxygen atoms in total. The Labute approximate surface area is 195 Å². The molecule has 0 bridgehead atoms. The van der Waals surface area contributed by atoms with Gasteiger partial charge in [-0.15, -0.1) is 0 Å². The highest BCUT2D eigenvalue weighted by Crippen LogP contribution is 2.38. The van der Waals surface area contributed by atoms with Crippen molar-refractivity contribution in [2.75, 3.05) is 19.6 Å². The number of hydrogen-bond acceptors (Lipinski definition) is 3. The minimum Gasteiger partial charge on any atom is -0.352 e. The molecule has 3 rings (SSSR count). The van der Waals surface area contributed by atoms with Crippen LogP contribution >= 0.6 is 46.6 Å². The molecular formula is C22H21Cl3N2O2S. The summed E-state index contributed by atoms with van der Waals surface area (Å²) in [6.07, 6.45) is 2.26. The summed E-state index contributed by atoms with van der Waals surface area (Å²) in [4.78, 5) is 27.5. The van der Waals surface area contributed by atoms with E-state index in [4.69, 9.17) is 34.8 Å². The fourth-order valence-electron chi connectivity index (χ4n) is 3.10. The van der Waals surface area contributed by atoms with Gasteiger partial charge in [0.2, 0.25) is 5.91 Å². The Morgan fingerprint density at radius 3 is 2.43 bits per heavy atom. The van der Waals surface area contributed by atoms with Gasteiger partial charge < -0.3 is 10.2 Å². The topological polar surface area (TPSA) is 49.4 Å². The summed E-state index contributed by atoms with van der Waals surface area (Å²) >= 11 is 20.0. The molecule has 2 aromatic carbocycles. The molecule has 158 valence electrons. The number of rotatable bonds is 8. The Morgan fingerprint density at radius 1 is 1.10 bits per heavy atom. The molecule has 0 saturated carbocycles. The SMILES string of the molecule is C=C(C(=O)NCCCN1CCCC1=O)c1ccc(Sc2ccc(Cl)cc2Cl)c(Cl)c1. The summed E-state index contributed by atoms with van der Waals surface area (Å²) in [5.41, 5.74) is 0.994. The largest absolute Gasteiger partial charge is 0.352 e. The van der Waals surface area contributed by atoms with Gasteiger partial charge in [-0.25, -0.2) is 0 Å². The van der Waals surface area contributed by atoms with Crippen LogP contribution in [0.1, 0.15) is 24.8 Å². The van der Waals surface area contributed by atoms with Crippen molar-refractivity contribution in [1.82, 2.24) is 10.2 Å². The van der Waals surface area contributed by atoms with Gasteiger partial charge in [0.1, 0.15) is 0 Å². The molecule has 1 aliphatic rings. The number of amides is 2. The fourth-order valence-corrected chi connectivity index (χ4v) is 4.74. The highest BCUT2D eigenvalue weighted by molar-refractivity contribution is 7.99. The number of likely N-dealkylation sites (tertiary alicyclic amines) is 1. The van der Waals surface area contributed by atoms with Crippen LogP contribution in [-0.4, -0.2) is 36.3 Å². The Balaban J connectivity index is 1.54. The van der Waals surface area contributed by atoms with Gasteiger partial charge in [0.05, 0.1) is 10.0 Å². The van der Waals surface area contributed by atoms with Crippen molar-refractivity contribution in [1.29, 1.82) is 0 Å². The number of nitrogens with zero attached hydrogens (tertiary/aromatic N) is 1. The first kappa shape index (κ1) is 23.0. The predicted octanol–water partition coefficient (Wildman–Crippen LogP) is 5.94. The minimum atomic E-state index is -0.250. The van der Waals surface area contributed by atoms with Gasteiger partial charge in [-0.2, -0.15) is 0 Å². The van der Waals surface area contributed by atoms with Gasteiger partial charge >= 0.3 is 0 Å². The monoisotopic (exact) mass is 482 g/mol. The Kier molecular flexibility index (Phi) is 8.12. The normalized spacial score (nSPS) is 13.6. The molecule has 1 N–H and O–H groups in total. The van der Waals surface area contributed by atoms with E-state index in [2.05, 4.69) is 11.9 Å². The molecule has 2 amide bonds. The summed E-state index contributed by atoms with van der Waals surface area (Å²) in [6, 6.07) is 10.6. The zero-order valence-electron chi connectivity index (χ0n) is 16.2. The number of hydrogen-bond donors (Lipinski definition) is 1.